The molecule has 0 aliphatic carbocycles. The minimum absolute atomic E-state index is 0.00848. The van der Waals surface area contributed by atoms with Crippen LogP contribution in [-0.4, -0.2) is 44.5 Å². The lowest BCUT2D eigenvalue weighted by Crippen LogP contribution is -2.38. The van der Waals surface area contributed by atoms with E-state index in [9.17, 15) is 4.79 Å². The van der Waals surface area contributed by atoms with Gasteiger partial charge in [0.25, 0.3) is 5.91 Å². The van der Waals surface area contributed by atoms with Gasteiger partial charge in [-0.15, -0.1) is 0 Å². The van der Waals surface area contributed by atoms with Crippen molar-refractivity contribution in [2.45, 2.75) is 19.5 Å². The molecule has 32 heavy (non-hydrogen) atoms. The number of nitrogens with zero attached hydrogens (tertiary/aromatic N) is 2. The van der Waals surface area contributed by atoms with E-state index in [0.29, 0.717) is 31.2 Å². The van der Waals surface area contributed by atoms with Crippen LogP contribution >= 0.6 is 0 Å². The molecule has 0 unspecified atom stereocenters. The number of carbonyl (C=O) groups is 1. The van der Waals surface area contributed by atoms with Crippen molar-refractivity contribution in [3.63, 3.8) is 0 Å². The van der Waals surface area contributed by atoms with E-state index in [1.54, 1.807) is 32.4 Å². The topological polar surface area (TPSA) is 79.1 Å². The molecule has 0 saturated heterocycles. The molecule has 0 aliphatic rings. The van der Waals surface area contributed by atoms with Gasteiger partial charge in [0.05, 0.1) is 19.9 Å². The van der Waals surface area contributed by atoms with Crippen LogP contribution in [0.2, 0.25) is 0 Å². The van der Waals surface area contributed by atoms with Gasteiger partial charge in [0, 0.05) is 39.2 Å². The first-order valence-electron chi connectivity index (χ1n) is 10.5. The standard InChI is InChI=1S/C25H30N4O3/c1-29(2)24(30)21-10-6-19(7-11-21)17-27-25(26-15-14-23-5-4-16-32-23)28-18-20-8-12-22(31-3)13-9-20/h4-13,16H,14-15,17-18H2,1-3H3,(H2,26,27,28). The van der Waals surface area contributed by atoms with Gasteiger partial charge in [-0.05, 0) is 47.5 Å². The third-order valence-corrected chi connectivity index (χ3v) is 4.89. The van der Waals surface area contributed by atoms with Gasteiger partial charge < -0.3 is 24.7 Å². The van der Waals surface area contributed by atoms with Crippen LogP contribution in [0, 0.1) is 0 Å². The molecule has 0 fully saturated rings. The quantitative estimate of drug-likeness (QED) is 0.398. The lowest BCUT2D eigenvalue weighted by atomic mass is 10.1. The summed E-state index contributed by atoms with van der Waals surface area (Å²) in [4.78, 5) is 18.3. The van der Waals surface area contributed by atoms with E-state index >= 15 is 0 Å². The van der Waals surface area contributed by atoms with Crippen LogP contribution < -0.4 is 15.4 Å². The highest BCUT2D eigenvalue weighted by Crippen LogP contribution is 2.12. The number of rotatable bonds is 9. The Hall–Kier alpha value is -3.74. The van der Waals surface area contributed by atoms with Crippen molar-refractivity contribution in [3.8, 4) is 5.75 Å². The second kappa shape index (κ2) is 11.6. The minimum Gasteiger partial charge on any atom is -0.497 e. The molecule has 2 N–H and O–H groups in total. The first-order chi connectivity index (χ1) is 15.5. The molecule has 7 heteroatoms. The fraction of sp³-hybridized carbons (Fsp3) is 0.280. The number of ether oxygens (including phenoxy) is 1. The molecule has 0 saturated carbocycles. The largest absolute Gasteiger partial charge is 0.497 e. The highest BCUT2D eigenvalue weighted by molar-refractivity contribution is 5.93. The summed E-state index contributed by atoms with van der Waals surface area (Å²) in [5.41, 5.74) is 2.82. The lowest BCUT2D eigenvalue weighted by molar-refractivity contribution is 0.0827. The maximum Gasteiger partial charge on any atom is 0.253 e. The van der Waals surface area contributed by atoms with Gasteiger partial charge in [0.15, 0.2) is 5.96 Å². The van der Waals surface area contributed by atoms with Gasteiger partial charge >= 0.3 is 0 Å². The third-order valence-electron chi connectivity index (χ3n) is 4.89. The van der Waals surface area contributed by atoms with Gasteiger partial charge in [-0.3, -0.25) is 4.79 Å². The molecular weight excluding hydrogens is 404 g/mol. The monoisotopic (exact) mass is 434 g/mol. The maximum absolute atomic E-state index is 12.1. The summed E-state index contributed by atoms with van der Waals surface area (Å²) in [6.45, 7) is 1.82. The second-order valence-corrected chi connectivity index (χ2v) is 7.52. The Morgan fingerprint density at radius 3 is 2.34 bits per heavy atom. The lowest BCUT2D eigenvalue weighted by Gasteiger charge is -2.14. The van der Waals surface area contributed by atoms with Crippen LogP contribution in [0.1, 0.15) is 27.2 Å². The average molecular weight is 435 g/mol. The molecule has 168 valence electrons. The smallest absolute Gasteiger partial charge is 0.253 e. The predicted molar refractivity (Wildman–Crippen MR) is 126 cm³/mol. The summed E-state index contributed by atoms with van der Waals surface area (Å²) in [7, 11) is 5.15. The van der Waals surface area contributed by atoms with Crippen molar-refractivity contribution < 1.29 is 13.9 Å². The van der Waals surface area contributed by atoms with Crippen LogP contribution in [-0.2, 0) is 19.5 Å². The summed E-state index contributed by atoms with van der Waals surface area (Å²) in [5, 5.41) is 6.73. The van der Waals surface area contributed by atoms with E-state index < -0.39 is 0 Å². The molecule has 0 radical (unpaired) electrons. The molecule has 0 aliphatic heterocycles. The van der Waals surface area contributed by atoms with E-state index in [0.717, 1.165) is 29.1 Å². The number of methoxy groups -OCH3 is 1. The fourth-order valence-corrected chi connectivity index (χ4v) is 3.04. The van der Waals surface area contributed by atoms with Gasteiger partial charge in [-0.1, -0.05) is 24.3 Å². The molecule has 0 atom stereocenters. The predicted octanol–water partition coefficient (Wildman–Crippen LogP) is 3.47. The Kier molecular flexibility index (Phi) is 8.31. The average Bonchev–Trinajstić information content (AvgIpc) is 3.34. The molecule has 1 aromatic heterocycles. The van der Waals surface area contributed by atoms with Crippen molar-refractivity contribution in [1.82, 2.24) is 15.5 Å². The SMILES string of the molecule is COc1ccc(CN=C(NCCc2ccco2)NCc2ccc(C(=O)N(C)C)cc2)cc1. The van der Waals surface area contributed by atoms with Crippen LogP contribution in [0.25, 0.3) is 0 Å². The number of amides is 1. The van der Waals surface area contributed by atoms with Gasteiger partial charge in [0.2, 0.25) is 0 Å². The van der Waals surface area contributed by atoms with Crippen LogP contribution in [0.15, 0.2) is 76.3 Å². The molecular formula is C25H30N4O3. The maximum atomic E-state index is 12.1. The molecule has 7 nitrogen and oxygen atoms in total. The Morgan fingerprint density at radius 1 is 1.00 bits per heavy atom. The van der Waals surface area contributed by atoms with Crippen molar-refractivity contribution in [3.05, 3.63) is 89.4 Å². The highest BCUT2D eigenvalue weighted by Gasteiger charge is 2.07. The summed E-state index contributed by atoms with van der Waals surface area (Å²) in [5.74, 6) is 2.45. The number of hydrogen-bond acceptors (Lipinski definition) is 4. The van der Waals surface area contributed by atoms with Gasteiger partial charge in [-0.25, -0.2) is 4.99 Å². The number of aliphatic imine (C=N–C) groups is 1. The Balaban J connectivity index is 1.61. The summed E-state index contributed by atoms with van der Waals surface area (Å²) in [6, 6.07) is 19.3. The molecule has 0 bridgehead atoms. The Morgan fingerprint density at radius 2 is 1.72 bits per heavy atom. The van der Waals surface area contributed by atoms with E-state index in [-0.39, 0.29) is 5.91 Å². The summed E-state index contributed by atoms with van der Waals surface area (Å²) >= 11 is 0. The minimum atomic E-state index is -0.00848. The second-order valence-electron chi connectivity index (χ2n) is 7.52. The van der Waals surface area contributed by atoms with E-state index in [4.69, 9.17) is 14.1 Å². The molecule has 1 amide bonds. The normalized spacial score (nSPS) is 11.2. The summed E-state index contributed by atoms with van der Waals surface area (Å²) in [6.07, 6.45) is 2.44. The first-order valence-corrected chi connectivity index (χ1v) is 10.5. The van der Waals surface area contributed by atoms with Crippen LogP contribution in [0.4, 0.5) is 0 Å². The molecule has 3 rings (SSSR count). The zero-order valence-electron chi connectivity index (χ0n) is 18.8. The summed E-state index contributed by atoms with van der Waals surface area (Å²) < 4.78 is 10.6. The number of nitrogens with one attached hydrogen (secondary N) is 2. The highest BCUT2D eigenvalue weighted by atomic mass is 16.5. The van der Waals surface area contributed by atoms with E-state index in [1.165, 1.54) is 0 Å². The number of guanidine groups is 1. The zero-order chi connectivity index (χ0) is 22.8. The van der Waals surface area contributed by atoms with Gasteiger partial charge in [-0.2, -0.15) is 0 Å². The van der Waals surface area contributed by atoms with Crippen molar-refractivity contribution in [2.75, 3.05) is 27.7 Å². The van der Waals surface area contributed by atoms with Crippen molar-refractivity contribution in [1.29, 1.82) is 0 Å². The third kappa shape index (κ3) is 6.91. The van der Waals surface area contributed by atoms with Crippen molar-refractivity contribution in [2.24, 2.45) is 4.99 Å². The van der Waals surface area contributed by atoms with E-state index in [1.807, 2.05) is 60.7 Å². The van der Waals surface area contributed by atoms with Crippen LogP contribution in [0.5, 0.6) is 5.75 Å². The fourth-order valence-electron chi connectivity index (χ4n) is 3.04. The van der Waals surface area contributed by atoms with Crippen LogP contribution in [0.3, 0.4) is 0 Å². The zero-order valence-corrected chi connectivity index (χ0v) is 18.8. The number of hydrogen-bond donors (Lipinski definition) is 2. The number of carbonyl (C=O) groups excluding carboxylic acids is 1. The number of benzene rings is 2. The molecule has 1 heterocycles. The molecule has 0 spiro atoms. The Bertz CT molecular complexity index is 995. The number of furan rings is 1. The van der Waals surface area contributed by atoms with Crippen molar-refractivity contribution >= 4 is 11.9 Å². The first kappa shape index (κ1) is 22.9. The Labute approximate surface area is 189 Å². The van der Waals surface area contributed by atoms with Gasteiger partial charge in [0.1, 0.15) is 11.5 Å². The molecule has 3 aromatic rings. The van der Waals surface area contributed by atoms with E-state index in [2.05, 4.69) is 10.6 Å². The molecule has 2 aromatic carbocycles.